The molecule has 0 aliphatic heterocycles. The summed E-state index contributed by atoms with van der Waals surface area (Å²) >= 11 is 0. The van der Waals surface area contributed by atoms with Crippen molar-refractivity contribution in [3.63, 3.8) is 0 Å². The first kappa shape index (κ1) is 17.6. The Hall–Kier alpha value is -1.42. The van der Waals surface area contributed by atoms with E-state index >= 15 is 0 Å². The maximum atomic E-state index is 13.0. The second kappa shape index (κ2) is 7.55. The second-order valence-electron chi connectivity index (χ2n) is 6.33. The van der Waals surface area contributed by atoms with Crippen molar-refractivity contribution in [2.45, 2.75) is 52.6 Å². The molecule has 3 nitrogen and oxygen atoms in total. The van der Waals surface area contributed by atoms with Gasteiger partial charge in [0.2, 0.25) is 5.91 Å². The molecule has 118 valence electrons. The van der Waals surface area contributed by atoms with Gasteiger partial charge in [-0.15, -0.1) is 0 Å². The van der Waals surface area contributed by atoms with Crippen LogP contribution in [-0.2, 0) is 4.79 Å². The van der Waals surface area contributed by atoms with E-state index in [4.69, 9.17) is 0 Å². The fourth-order valence-electron chi connectivity index (χ4n) is 2.28. The van der Waals surface area contributed by atoms with E-state index in [1.807, 2.05) is 18.7 Å². The summed E-state index contributed by atoms with van der Waals surface area (Å²) in [7, 11) is 0. The first-order valence-electron chi connectivity index (χ1n) is 7.54. The number of halogens is 1. The highest BCUT2D eigenvalue weighted by atomic mass is 19.1. The number of carbonyl (C=O) groups is 1. The van der Waals surface area contributed by atoms with Gasteiger partial charge in [0, 0.05) is 25.0 Å². The van der Waals surface area contributed by atoms with Crippen LogP contribution in [0.15, 0.2) is 24.3 Å². The van der Waals surface area contributed by atoms with E-state index < -0.39 is 0 Å². The molecule has 1 amide bonds. The van der Waals surface area contributed by atoms with Crippen molar-refractivity contribution in [2.24, 2.45) is 0 Å². The fourth-order valence-corrected chi connectivity index (χ4v) is 2.28. The van der Waals surface area contributed by atoms with Gasteiger partial charge in [-0.3, -0.25) is 4.79 Å². The van der Waals surface area contributed by atoms with Gasteiger partial charge >= 0.3 is 0 Å². The van der Waals surface area contributed by atoms with Crippen LogP contribution in [0.2, 0.25) is 0 Å². The Morgan fingerprint density at radius 1 is 1.29 bits per heavy atom. The van der Waals surface area contributed by atoms with E-state index in [0.29, 0.717) is 19.5 Å². The van der Waals surface area contributed by atoms with Crippen LogP contribution < -0.4 is 5.32 Å². The molecule has 0 radical (unpaired) electrons. The molecule has 0 spiro atoms. The smallest absolute Gasteiger partial charge is 0.224 e. The molecule has 4 heteroatoms. The normalized spacial score (nSPS) is 13.0. The Bertz CT molecular complexity index is 451. The number of nitrogens with one attached hydrogen (secondary N) is 1. The molecule has 0 fully saturated rings. The molecular formula is C17H27FN2O. The summed E-state index contributed by atoms with van der Waals surface area (Å²) in [5.74, 6) is -0.138. The number of nitrogens with zero attached hydrogens (tertiary/aromatic N) is 1. The van der Waals surface area contributed by atoms with Crippen LogP contribution >= 0.6 is 0 Å². The summed E-state index contributed by atoms with van der Waals surface area (Å²) in [6, 6.07) is 6.31. The average molecular weight is 294 g/mol. The molecule has 0 bridgehead atoms. The van der Waals surface area contributed by atoms with Gasteiger partial charge in [-0.25, -0.2) is 4.39 Å². The molecule has 0 aromatic heterocycles. The summed E-state index contributed by atoms with van der Waals surface area (Å²) in [6.07, 6.45) is 0.469. The van der Waals surface area contributed by atoms with Gasteiger partial charge in [0.15, 0.2) is 0 Å². The number of hydrogen-bond acceptors (Lipinski definition) is 2. The van der Waals surface area contributed by atoms with Crippen LogP contribution in [0.3, 0.4) is 0 Å². The number of amides is 1. The lowest BCUT2D eigenvalue weighted by Crippen LogP contribution is -2.40. The first-order chi connectivity index (χ1) is 9.74. The van der Waals surface area contributed by atoms with Crippen molar-refractivity contribution in [3.05, 3.63) is 35.6 Å². The van der Waals surface area contributed by atoms with E-state index in [1.54, 1.807) is 12.1 Å². The summed E-state index contributed by atoms with van der Waals surface area (Å²) in [5.41, 5.74) is 0.968. The van der Waals surface area contributed by atoms with Crippen LogP contribution in [0.25, 0.3) is 0 Å². The molecule has 0 aliphatic rings. The summed E-state index contributed by atoms with van der Waals surface area (Å²) in [5, 5.41) is 3.32. The SMILES string of the molecule is CCN(C(=O)CCNC(C)(C)C)C(C)c1ccc(F)cc1. The number of rotatable bonds is 6. The lowest BCUT2D eigenvalue weighted by molar-refractivity contribution is -0.133. The summed E-state index contributed by atoms with van der Waals surface area (Å²) in [6.45, 7) is 11.5. The predicted molar refractivity (Wildman–Crippen MR) is 84.6 cm³/mol. The third-order valence-corrected chi connectivity index (χ3v) is 3.48. The van der Waals surface area contributed by atoms with Gasteiger partial charge in [-0.1, -0.05) is 12.1 Å². The van der Waals surface area contributed by atoms with Gasteiger partial charge < -0.3 is 10.2 Å². The predicted octanol–water partition coefficient (Wildman–Crippen LogP) is 3.51. The number of hydrogen-bond donors (Lipinski definition) is 1. The lowest BCUT2D eigenvalue weighted by Gasteiger charge is -2.29. The molecule has 0 aliphatic carbocycles. The zero-order valence-electron chi connectivity index (χ0n) is 13.7. The zero-order valence-corrected chi connectivity index (χ0v) is 13.7. The molecule has 21 heavy (non-hydrogen) atoms. The highest BCUT2D eigenvalue weighted by molar-refractivity contribution is 5.76. The summed E-state index contributed by atoms with van der Waals surface area (Å²) in [4.78, 5) is 14.2. The zero-order chi connectivity index (χ0) is 16.0. The maximum absolute atomic E-state index is 13.0. The number of benzene rings is 1. The van der Waals surface area contributed by atoms with Crippen LogP contribution in [0.4, 0.5) is 4.39 Å². The van der Waals surface area contributed by atoms with Crippen LogP contribution in [0.1, 0.15) is 52.6 Å². The highest BCUT2D eigenvalue weighted by Gasteiger charge is 2.20. The fraction of sp³-hybridized carbons (Fsp3) is 0.588. The molecule has 0 saturated carbocycles. The van der Waals surface area contributed by atoms with Gasteiger partial charge in [0.1, 0.15) is 5.82 Å². The van der Waals surface area contributed by atoms with Crippen molar-refractivity contribution in [3.8, 4) is 0 Å². The second-order valence-corrected chi connectivity index (χ2v) is 6.33. The lowest BCUT2D eigenvalue weighted by atomic mass is 10.1. The standard InChI is InChI=1S/C17H27FN2O/c1-6-20(16(21)11-12-19-17(3,4)5)13(2)14-7-9-15(18)10-8-14/h7-10,13,19H,6,11-12H2,1-5H3. The van der Waals surface area contributed by atoms with E-state index in [0.717, 1.165) is 5.56 Å². The molecule has 1 unspecified atom stereocenters. The highest BCUT2D eigenvalue weighted by Crippen LogP contribution is 2.21. The van der Waals surface area contributed by atoms with Crippen molar-refractivity contribution in [1.82, 2.24) is 10.2 Å². The van der Waals surface area contributed by atoms with E-state index in [9.17, 15) is 9.18 Å². The molecular weight excluding hydrogens is 267 g/mol. The number of carbonyl (C=O) groups excluding carboxylic acids is 1. The Morgan fingerprint density at radius 2 is 1.86 bits per heavy atom. The van der Waals surface area contributed by atoms with Crippen LogP contribution in [0.5, 0.6) is 0 Å². The molecule has 1 rings (SSSR count). The average Bonchev–Trinajstić information content (AvgIpc) is 2.38. The third-order valence-electron chi connectivity index (χ3n) is 3.48. The monoisotopic (exact) mass is 294 g/mol. The quantitative estimate of drug-likeness (QED) is 0.870. The largest absolute Gasteiger partial charge is 0.336 e. The topological polar surface area (TPSA) is 32.3 Å². The van der Waals surface area contributed by atoms with Gasteiger partial charge in [-0.2, -0.15) is 0 Å². The van der Waals surface area contributed by atoms with Crippen molar-refractivity contribution in [1.29, 1.82) is 0 Å². The van der Waals surface area contributed by atoms with Gasteiger partial charge in [-0.05, 0) is 52.3 Å². The van der Waals surface area contributed by atoms with E-state index in [-0.39, 0.29) is 23.3 Å². The Morgan fingerprint density at radius 3 is 2.33 bits per heavy atom. The van der Waals surface area contributed by atoms with Gasteiger partial charge in [0.05, 0.1) is 6.04 Å². The molecule has 0 heterocycles. The van der Waals surface area contributed by atoms with Crippen molar-refractivity contribution < 1.29 is 9.18 Å². The first-order valence-corrected chi connectivity index (χ1v) is 7.54. The van der Waals surface area contributed by atoms with E-state index in [2.05, 4.69) is 26.1 Å². The minimum Gasteiger partial charge on any atom is -0.336 e. The summed E-state index contributed by atoms with van der Waals surface area (Å²) < 4.78 is 13.0. The molecule has 1 aromatic rings. The molecule has 1 N–H and O–H groups in total. The van der Waals surface area contributed by atoms with Crippen LogP contribution in [-0.4, -0.2) is 29.4 Å². The Balaban J connectivity index is 2.64. The minimum atomic E-state index is -0.255. The van der Waals surface area contributed by atoms with Gasteiger partial charge in [0.25, 0.3) is 0 Å². The minimum absolute atomic E-state index is 0.0138. The molecule has 0 saturated heterocycles. The third kappa shape index (κ3) is 5.84. The van der Waals surface area contributed by atoms with Crippen molar-refractivity contribution in [2.75, 3.05) is 13.1 Å². The van der Waals surface area contributed by atoms with E-state index in [1.165, 1.54) is 12.1 Å². The molecule has 1 aromatic carbocycles. The Labute approximate surface area is 127 Å². The van der Waals surface area contributed by atoms with Crippen LogP contribution in [0, 0.1) is 5.82 Å². The maximum Gasteiger partial charge on any atom is 0.224 e. The Kier molecular flexibility index (Phi) is 6.34. The van der Waals surface area contributed by atoms with Crippen molar-refractivity contribution >= 4 is 5.91 Å². The molecule has 1 atom stereocenters.